The van der Waals surface area contributed by atoms with Crippen molar-refractivity contribution in [1.82, 2.24) is 5.32 Å². The van der Waals surface area contributed by atoms with Crippen LogP contribution in [0.4, 0.5) is 4.79 Å². The van der Waals surface area contributed by atoms with E-state index in [0.717, 1.165) is 19.3 Å². The van der Waals surface area contributed by atoms with Gasteiger partial charge in [-0.3, -0.25) is 4.79 Å². The number of allylic oxidation sites excluding steroid dienone is 1. The molecule has 0 aromatic rings. The fourth-order valence-electron chi connectivity index (χ4n) is 5.30. The molecule has 1 aliphatic carbocycles. The van der Waals surface area contributed by atoms with Crippen molar-refractivity contribution in [3.63, 3.8) is 0 Å². The van der Waals surface area contributed by atoms with Gasteiger partial charge in [0.1, 0.15) is 11.2 Å². The smallest absolute Gasteiger partial charge is 0.407 e. The Bertz CT molecular complexity index is 935. The van der Waals surface area contributed by atoms with Gasteiger partial charge < -0.3 is 29.0 Å². The van der Waals surface area contributed by atoms with Crippen molar-refractivity contribution in [3.8, 4) is 0 Å². The summed E-state index contributed by atoms with van der Waals surface area (Å²) in [6, 6.07) is -0.0860. The van der Waals surface area contributed by atoms with Crippen LogP contribution in [0.25, 0.3) is 0 Å². The Morgan fingerprint density at radius 2 is 1.86 bits per heavy atom. The Morgan fingerprint density at radius 1 is 1.17 bits per heavy atom. The number of nitrogens with one attached hydrogen (secondary N) is 1. The summed E-state index contributed by atoms with van der Waals surface area (Å²) < 4.78 is 27.9. The van der Waals surface area contributed by atoms with Gasteiger partial charge in [-0.1, -0.05) is 45.1 Å². The standard InChI is InChI=1S/C18H29NO5.C14H22O2.C2H6/c1-18(2,3)24-17(21)19-13-9-14(8-7-12-5-6-12)23-15(10-13)11-16(20)22-4;1-5-7-13-14(4,16-13)12-9-8-10(3)11(6-2)15-12;1-2/h7-8,12-15H,5-6,9-11H2,1-4H3,(H,19,21);5,8,11-13H,1,6-7,9H2,2-4H3;1-2H3/b8-7+;;. The molecule has 4 aliphatic rings. The molecule has 1 saturated carbocycles. The highest BCUT2D eigenvalue weighted by atomic mass is 16.6. The monoisotopic (exact) mass is 591 g/mol. The lowest BCUT2D eigenvalue weighted by molar-refractivity contribution is -0.146. The first-order valence-corrected chi connectivity index (χ1v) is 15.9. The van der Waals surface area contributed by atoms with E-state index in [9.17, 15) is 9.59 Å². The third-order valence-corrected chi connectivity index (χ3v) is 7.85. The summed E-state index contributed by atoms with van der Waals surface area (Å²) in [4.78, 5) is 23.6. The first-order chi connectivity index (χ1) is 19.9. The molecule has 3 aliphatic heterocycles. The summed E-state index contributed by atoms with van der Waals surface area (Å²) >= 11 is 0. The van der Waals surface area contributed by atoms with Crippen LogP contribution >= 0.6 is 0 Å². The lowest BCUT2D eigenvalue weighted by atomic mass is 9.92. The molecule has 1 N–H and O–H groups in total. The van der Waals surface area contributed by atoms with Gasteiger partial charge in [-0.2, -0.15) is 0 Å². The number of ether oxygens (including phenoxy) is 5. The van der Waals surface area contributed by atoms with Gasteiger partial charge in [-0.25, -0.2) is 4.79 Å². The van der Waals surface area contributed by atoms with Crippen LogP contribution in [-0.2, 0) is 28.5 Å². The average Bonchev–Trinajstić information content (AvgIpc) is 3.86. The highest BCUT2D eigenvalue weighted by molar-refractivity contribution is 5.70. The van der Waals surface area contributed by atoms with Crippen molar-refractivity contribution in [2.45, 2.75) is 155 Å². The molecule has 7 atom stereocenters. The summed E-state index contributed by atoms with van der Waals surface area (Å²) in [5.74, 6) is 0.356. The second-order valence-corrected chi connectivity index (χ2v) is 12.6. The van der Waals surface area contributed by atoms with Crippen molar-refractivity contribution in [1.29, 1.82) is 0 Å². The molecular weight excluding hydrogens is 534 g/mol. The topological polar surface area (TPSA) is 95.6 Å². The van der Waals surface area contributed by atoms with Gasteiger partial charge in [0.2, 0.25) is 0 Å². The molecule has 3 heterocycles. The number of rotatable bonds is 9. The number of alkyl carbamates (subject to hydrolysis) is 1. The molecule has 4 rings (SSSR count). The van der Waals surface area contributed by atoms with Gasteiger partial charge in [0, 0.05) is 6.04 Å². The van der Waals surface area contributed by atoms with Gasteiger partial charge >= 0.3 is 12.1 Å². The van der Waals surface area contributed by atoms with E-state index in [4.69, 9.17) is 23.7 Å². The lowest BCUT2D eigenvalue weighted by Crippen LogP contribution is -2.47. The van der Waals surface area contributed by atoms with E-state index in [1.807, 2.05) is 40.7 Å². The van der Waals surface area contributed by atoms with E-state index >= 15 is 0 Å². The maximum absolute atomic E-state index is 12.0. The first kappa shape index (κ1) is 36.0. The molecule has 1 amide bonds. The third kappa shape index (κ3) is 11.8. The van der Waals surface area contributed by atoms with Gasteiger partial charge in [0.25, 0.3) is 0 Å². The van der Waals surface area contributed by atoms with Crippen molar-refractivity contribution in [3.05, 3.63) is 36.5 Å². The SMILES string of the molecule is C=CCC1OC1(C)C1CC=C(C)C(CC)O1.CC.COC(=O)CC1CC(NC(=O)OC(C)(C)C)CC(/C=C/C2CC2)O1. The molecule has 8 heteroatoms. The zero-order chi connectivity index (χ0) is 31.5. The minimum atomic E-state index is -0.536. The average molecular weight is 592 g/mol. The maximum Gasteiger partial charge on any atom is 0.407 e. The Balaban J connectivity index is 0.000000296. The molecule has 7 unspecified atom stereocenters. The van der Waals surface area contributed by atoms with E-state index < -0.39 is 11.7 Å². The van der Waals surface area contributed by atoms with Crippen molar-refractivity contribution < 1.29 is 33.3 Å². The molecule has 0 aromatic heterocycles. The number of hydrogen-bond acceptors (Lipinski definition) is 7. The van der Waals surface area contributed by atoms with Crippen LogP contribution < -0.4 is 5.32 Å². The van der Waals surface area contributed by atoms with E-state index in [2.05, 4.69) is 50.9 Å². The van der Waals surface area contributed by atoms with Crippen molar-refractivity contribution in [2.75, 3.05) is 7.11 Å². The minimum absolute atomic E-state index is 0.0845. The van der Waals surface area contributed by atoms with Crippen LogP contribution in [0.1, 0.15) is 107 Å². The summed E-state index contributed by atoms with van der Waals surface area (Å²) in [5.41, 5.74) is 0.744. The molecule has 42 heavy (non-hydrogen) atoms. The molecule has 8 nitrogen and oxygen atoms in total. The normalized spacial score (nSPS) is 32.3. The Labute approximate surface area is 254 Å². The molecule has 240 valence electrons. The maximum atomic E-state index is 12.0. The van der Waals surface area contributed by atoms with Crippen LogP contribution in [0.5, 0.6) is 0 Å². The van der Waals surface area contributed by atoms with Crippen LogP contribution in [0.2, 0.25) is 0 Å². The molecule has 0 radical (unpaired) electrons. The molecule has 0 aromatic carbocycles. The molecule has 2 saturated heterocycles. The summed E-state index contributed by atoms with van der Waals surface area (Å²) in [6.45, 7) is 19.7. The number of epoxide rings is 1. The quantitative estimate of drug-likeness (QED) is 0.172. The zero-order valence-corrected chi connectivity index (χ0v) is 27.6. The van der Waals surface area contributed by atoms with Crippen LogP contribution in [0, 0.1) is 5.92 Å². The molecule has 0 spiro atoms. The van der Waals surface area contributed by atoms with E-state index in [1.54, 1.807) is 0 Å². The second-order valence-electron chi connectivity index (χ2n) is 12.6. The number of hydrogen-bond donors (Lipinski definition) is 1. The van der Waals surface area contributed by atoms with Crippen LogP contribution in [0.15, 0.2) is 36.5 Å². The molecule has 0 bridgehead atoms. The summed E-state index contributed by atoms with van der Waals surface area (Å²) in [7, 11) is 1.37. The van der Waals surface area contributed by atoms with E-state index in [1.165, 1.54) is 25.5 Å². The van der Waals surface area contributed by atoms with E-state index in [-0.39, 0.29) is 48.4 Å². The van der Waals surface area contributed by atoms with Crippen LogP contribution in [0.3, 0.4) is 0 Å². The Hall–Kier alpha value is -2.16. The summed E-state index contributed by atoms with van der Waals surface area (Å²) in [5, 5.41) is 2.90. The Kier molecular flexibility index (Phi) is 14.3. The fraction of sp³-hybridized carbons (Fsp3) is 0.765. The number of amides is 1. The van der Waals surface area contributed by atoms with Crippen molar-refractivity contribution in [2.24, 2.45) is 5.92 Å². The van der Waals surface area contributed by atoms with Crippen molar-refractivity contribution >= 4 is 12.1 Å². The number of carbonyl (C=O) groups excluding carboxylic acids is 2. The predicted octanol–water partition coefficient (Wildman–Crippen LogP) is 7.22. The van der Waals surface area contributed by atoms with Gasteiger partial charge in [0.15, 0.2) is 0 Å². The summed E-state index contributed by atoms with van der Waals surface area (Å²) in [6.07, 6.45) is 15.3. The van der Waals surface area contributed by atoms with Gasteiger partial charge in [-0.05, 0) is 91.1 Å². The molecular formula is C34H57NO7. The zero-order valence-electron chi connectivity index (χ0n) is 27.6. The lowest BCUT2D eigenvalue weighted by Gasteiger charge is -2.34. The largest absolute Gasteiger partial charge is 0.469 e. The third-order valence-electron chi connectivity index (χ3n) is 7.85. The minimum Gasteiger partial charge on any atom is -0.469 e. The molecule has 3 fully saturated rings. The van der Waals surface area contributed by atoms with Crippen LogP contribution in [-0.4, -0.2) is 66.9 Å². The fourth-order valence-corrected chi connectivity index (χ4v) is 5.30. The number of methoxy groups -OCH3 is 1. The first-order valence-electron chi connectivity index (χ1n) is 15.9. The highest BCUT2D eigenvalue weighted by Crippen LogP contribution is 2.46. The number of esters is 1. The second kappa shape index (κ2) is 16.6. The van der Waals surface area contributed by atoms with Gasteiger partial charge in [-0.15, -0.1) is 6.58 Å². The highest BCUT2D eigenvalue weighted by Gasteiger charge is 2.58. The predicted molar refractivity (Wildman–Crippen MR) is 166 cm³/mol. The van der Waals surface area contributed by atoms with E-state index in [0.29, 0.717) is 24.9 Å². The Morgan fingerprint density at radius 3 is 2.43 bits per heavy atom. The van der Waals surface area contributed by atoms with Gasteiger partial charge in [0.05, 0.1) is 44.1 Å². The number of carbonyl (C=O) groups is 2.